The minimum Gasteiger partial charge on any atom is -0.464 e. The summed E-state index contributed by atoms with van der Waals surface area (Å²) in [4.78, 5) is 23.5. The Bertz CT molecular complexity index is 1670. The first-order valence-electron chi connectivity index (χ1n) is 18.7. The quantitative estimate of drug-likeness (QED) is 0.0784. The summed E-state index contributed by atoms with van der Waals surface area (Å²) in [7, 11) is 0. The SMILES string of the molecule is C=CCCCN(Cc1ccc(-c2c(C)nc(C)c(C(OC(C)(C)C)C(=O)OCC)c2N2CCC(C)(OCC=C)CC2)cc1)Cc1ccc(F)c(C)c1. The van der Waals surface area contributed by atoms with Crippen LogP contribution >= 0.6 is 0 Å². The average molecular weight is 714 g/mol. The van der Waals surface area contributed by atoms with Crippen molar-refractivity contribution < 1.29 is 23.4 Å². The Kier molecular flexibility index (Phi) is 14.4. The minimum absolute atomic E-state index is 0.181. The summed E-state index contributed by atoms with van der Waals surface area (Å²) >= 11 is 0. The van der Waals surface area contributed by atoms with E-state index >= 15 is 0 Å². The fourth-order valence-corrected chi connectivity index (χ4v) is 7.01. The third kappa shape index (κ3) is 10.8. The highest BCUT2D eigenvalue weighted by Gasteiger charge is 2.38. The van der Waals surface area contributed by atoms with Crippen molar-refractivity contribution in [1.82, 2.24) is 9.88 Å². The molecule has 1 unspecified atom stereocenters. The second-order valence-corrected chi connectivity index (χ2v) is 15.2. The number of nitrogens with zero attached hydrogens (tertiary/aromatic N) is 3. The first kappa shape index (κ1) is 40.9. The van der Waals surface area contributed by atoms with E-state index in [1.165, 1.54) is 5.56 Å². The van der Waals surface area contributed by atoms with Gasteiger partial charge in [-0.05, 0) is 116 Å². The lowest BCUT2D eigenvalue weighted by Gasteiger charge is -2.42. The van der Waals surface area contributed by atoms with E-state index in [-0.39, 0.29) is 18.0 Å². The number of hydrogen-bond acceptors (Lipinski definition) is 7. The zero-order valence-electron chi connectivity index (χ0n) is 32.8. The molecule has 2 aromatic carbocycles. The van der Waals surface area contributed by atoms with Crippen LogP contribution in [0.15, 0.2) is 67.8 Å². The van der Waals surface area contributed by atoms with E-state index in [0.717, 1.165) is 97.7 Å². The van der Waals surface area contributed by atoms with Crippen LogP contribution in [0.4, 0.5) is 10.1 Å². The first-order chi connectivity index (χ1) is 24.7. The lowest BCUT2D eigenvalue weighted by molar-refractivity contribution is -0.166. The Balaban J connectivity index is 1.77. The first-order valence-corrected chi connectivity index (χ1v) is 18.7. The van der Waals surface area contributed by atoms with Crippen LogP contribution in [0.5, 0.6) is 0 Å². The topological polar surface area (TPSA) is 64.1 Å². The molecule has 0 spiro atoms. The molecule has 0 N–H and O–H groups in total. The number of benzene rings is 2. The van der Waals surface area contributed by atoms with E-state index in [4.69, 9.17) is 19.2 Å². The van der Waals surface area contributed by atoms with Crippen molar-refractivity contribution in [3.63, 3.8) is 0 Å². The van der Waals surface area contributed by atoms with Gasteiger partial charge >= 0.3 is 5.97 Å². The van der Waals surface area contributed by atoms with Crippen molar-refractivity contribution in [3.05, 3.63) is 107 Å². The van der Waals surface area contributed by atoms with E-state index in [1.54, 1.807) is 12.1 Å². The number of piperidine rings is 1. The number of halogens is 1. The van der Waals surface area contributed by atoms with Gasteiger partial charge in [0.25, 0.3) is 0 Å². The van der Waals surface area contributed by atoms with E-state index in [2.05, 4.69) is 54.1 Å². The Morgan fingerprint density at radius 1 is 1.02 bits per heavy atom. The molecule has 0 amide bonds. The molecular weight excluding hydrogens is 653 g/mol. The van der Waals surface area contributed by atoms with Gasteiger partial charge in [-0.25, -0.2) is 9.18 Å². The van der Waals surface area contributed by atoms with E-state index in [1.807, 2.05) is 66.7 Å². The molecule has 1 aliphatic rings. The normalized spacial score (nSPS) is 15.1. The van der Waals surface area contributed by atoms with Gasteiger partial charge in [0, 0.05) is 48.7 Å². The van der Waals surface area contributed by atoms with Crippen LogP contribution in [0.3, 0.4) is 0 Å². The lowest BCUT2D eigenvalue weighted by Crippen LogP contribution is -2.45. The number of ether oxygens (including phenoxy) is 3. The van der Waals surface area contributed by atoms with Crippen LogP contribution < -0.4 is 4.90 Å². The Morgan fingerprint density at radius 2 is 1.67 bits per heavy atom. The summed E-state index contributed by atoms with van der Waals surface area (Å²) in [6, 6.07) is 14.1. The summed E-state index contributed by atoms with van der Waals surface area (Å²) in [5.41, 5.74) is 7.39. The molecule has 3 aromatic rings. The maximum absolute atomic E-state index is 14.0. The number of rotatable bonds is 17. The minimum atomic E-state index is -0.953. The van der Waals surface area contributed by atoms with Crippen LogP contribution in [0, 0.1) is 26.6 Å². The highest BCUT2D eigenvalue weighted by molar-refractivity contribution is 5.88. The molecule has 1 aromatic heterocycles. The fourth-order valence-electron chi connectivity index (χ4n) is 7.01. The second kappa shape index (κ2) is 18.3. The maximum Gasteiger partial charge on any atom is 0.340 e. The predicted molar refractivity (Wildman–Crippen MR) is 210 cm³/mol. The van der Waals surface area contributed by atoms with Gasteiger partial charge < -0.3 is 19.1 Å². The number of anilines is 1. The van der Waals surface area contributed by atoms with Gasteiger partial charge in [0.2, 0.25) is 0 Å². The number of unbranched alkanes of at least 4 members (excludes halogenated alkanes) is 1. The molecule has 1 fully saturated rings. The van der Waals surface area contributed by atoms with Gasteiger partial charge in [0.05, 0.1) is 30.1 Å². The fraction of sp³-hybridized carbons (Fsp3) is 0.500. The maximum atomic E-state index is 14.0. The molecule has 2 heterocycles. The van der Waals surface area contributed by atoms with Gasteiger partial charge in [-0.1, -0.05) is 48.6 Å². The summed E-state index contributed by atoms with van der Waals surface area (Å²) in [6.45, 7) is 28.0. The van der Waals surface area contributed by atoms with Crippen LogP contribution in [0.2, 0.25) is 0 Å². The summed E-state index contributed by atoms with van der Waals surface area (Å²) < 4.78 is 32.4. The monoisotopic (exact) mass is 713 g/mol. The Morgan fingerprint density at radius 3 is 2.27 bits per heavy atom. The lowest BCUT2D eigenvalue weighted by atomic mass is 9.89. The van der Waals surface area contributed by atoms with Crippen molar-refractivity contribution in [1.29, 1.82) is 0 Å². The van der Waals surface area contributed by atoms with E-state index in [9.17, 15) is 9.18 Å². The zero-order valence-corrected chi connectivity index (χ0v) is 32.8. The Labute approximate surface area is 311 Å². The third-order valence-electron chi connectivity index (χ3n) is 9.66. The van der Waals surface area contributed by atoms with Crippen LogP contribution in [-0.2, 0) is 32.1 Å². The Hall–Kier alpha value is -3.85. The molecule has 0 radical (unpaired) electrons. The number of pyridine rings is 1. The van der Waals surface area contributed by atoms with Crippen LogP contribution in [0.25, 0.3) is 11.1 Å². The molecule has 0 aliphatic carbocycles. The summed E-state index contributed by atoms with van der Waals surface area (Å²) in [5.74, 6) is -0.600. The van der Waals surface area contributed by atoms with E-state index in [0.29, 0.717) is 12.2 Å². The molecule has 1 atom stereocenters. The van der Waals surface area contributed by atoms with Gasteiger partial charge in [0.1, 0.15) is 5.82 Å². The van der Waals surface area contributed by atoms with Crippen molar-refractivity contribution in [2.75, 3.05) is 37.7 Å². The molecule has 0 saturated carbocycles. The smallest absolute Gasteiger partial charge is 0.340 e. The summed E-state index contributed by atoms with van der Waals surface area (Å²) in [5, 5.41) is 0. The molecule has 282 valence electrons. The van der Waals surface area contributed by atoms with E-state index < -0.39 is 17.7 Å². The number of allylic oxidation sites excluding steroid dienone is 1. The van der Waals surface area contributed by atoms with Crippen LogP contribution in [-0.4, -0.2) is 59.9 Å². The second-order valence-electron chi connectivity index (χ2n) is 15.2. The molecule has 8 heteroatoms. The number of aromatic nitrogens is 1. The molecule has 4 rings (SSSR count). The predicted octanol–water partition coefficient (Wildman–Crippen LogP) is 9.76. The molecule has 7 nitrogen and oxygen atoms in total. The molecular formula is C44H60FN3O4. The number of carbonyl (C=O) groups excluding carboxylic acids is 1. The number of hydrogen-bond donors (Lipinski definition) is 0. The third-order valence-corrected chi connectivity index (χ3v) is 9.66. The van der Waals surface area contributed by atoms with Crippen molar-refractivity contribution in [3.8, 4) is 11.1 Å². The zero-order chi connectivity index (χ0) is 38.1. The summed E-state index contributed by atoms with van der Waals surface area (Å²) in [6.07, 6.45) is 6.36. The molecule has 1 aliphatic heterocycles. The van der Waals surface area contributed by atoms with Gasteiger partial charge in [-0.3, -0.25) is 9.88 Å². The van der Waals surface area contributed by atoms with Crippen molar-refractivity contribution in [2.45, 2.75) is 111 Å². The van der Waals surface area contributed by atoms with Gasteiger partial charge in [-0.15, -0.1) is 13.2 Å². The number of esters is 1. The van der Waals surface area contributed by atoms with Gasteiger partial charge in [-0.2, -0.15) is 0 Å². The molecule has 0 bridgehead atoms. The average Bonchev–Trinajstić information content (AvgIpc) is 3.08. The number of aryl methyl sites for hydroxylation is 3. The van der Waals surface area contributed by atoms with Crippen molar-refractivity contribution in [2.24, 2.45) is 0 Å². The molecule has 52 heavy (non-hydrogen) atoms. The van der Waals surface area contributed by atoms with Crippen molar-refractivity contribution >= 4 is 11.7 Å². The standard InChI is InChI=1S/C44H60FN3O4/c1-11-14-15-24-47(30-35-18-21-37(45)31(4)28-35)29-34-16-19-36(20-17-34)38-32(5)46-33(6)39(41(42(49)50-13-3)52-43(7,8)9)40(38)48-25-22-44(10,23-26-48)51-27-12-2/h11-12,16-21,28,41H,1-2,13-15,22-27,29-30H2,3-10H3. The number of carbonyl (C=O) groups is 1. The molecule has 1 saturated heterocycles. The van der Waals surface area contributed by atoms with Crippen LogP contribution in [0.1, 0.15) is 100 Å². The highest BCUT2D eigenvalue weighted by atomic mass is 19.1. The highest BCUT2D eigenvalue weighted by Crippen LogP contribution is 2.44. The van der Waals surface area contributed by atoms with Gasteiger partial charge in [0.15, 0.2) is 6.10 Å². The largest absolute Gasteiger partial charge is 0.464 e.